The van der Waals surface area contributed by atoms with Gasteiger partial charge >= 0.3 is 5.97 Å². The number of hydrazone groups is 1. The fourth-order valence-corrected chi connectivity index (χ4v) is 2.33. The molecule has 3 aromatic rings. The number of amides is 1. The quantitative estimate of drug-likeness (QED) is 0.306. The summed E-state index contributed by atoms with van der Waals surface area (Å²) in [5.74, 6) is -0.271. The van der Waals surface area contributed by atoms with E-state index in [1.165, 1.54) is 25.7 Å². The molecule has 7 nitrogen and oxygen atoms in total. The Morgan fingerprint density at radius 1 is 1.07 bits per heavy atom. The molecule has 0 radical (unpaired) electrons. The van der Waals surface area contributed by atoms with Crippen molar-refractivity contribution in [3.8, 4) is 11.5 Å². The topological polar surface area (TPSA) is 90.1 Å². The molecule has 2 aromatic carbocycles. The first kappa shape index (κ1) is 18.9. The molecular weight excluding hydrogens is 360 g/mol. The molecule has 0 saturated heterocycles. The summed E-state index contributed by atoms with van der Waals surface area (Å²) in [7, 11) is 1.46. The van der Waals surface area contributed by atoms with Gasteiger partial charge in [0.1, 0.15) is 0 Å². The van der Waals surface area contributed by atoms with Crippen LogP contribution in [0.3, 0.4) is 0 Å². The second-order valence-electron chi connectivity index (χ2n) is 5.84. The Bertz CT molecular complexity index is 992. The van der Waals surface area contributed by atoms with Gasteiger partial charge in [-0.25, -0.2) is 10.2 Å². The predicted molar refractivity (Wildman–Crippen MR) is 103 cm³/mol. The highest BCUT2D eigenvalue weighted by atomic mass is 16.6. The van der Waals surface area contributed by atoms with E-state index < -0.39 is 5.97 Å². The maximum Gasteiger partial charge on any atom is 0.379 e. The molecule has 0 saturated carbocycles. The number of benzene rings is 2. The SMILES string of the molecule is COc1cc(/C=N\NC(=O)c2ccc(C)cc2)ccc1OC(=O)c1ccco1. The van der Waals surface area contributed by atoms with Crippen molar-refractivity contribution in [1.29, 1.82) is 0 Å². The molecule has 0 aliphatic carbocycles. The number of methoxy groups -OCH3 is 1. The number of aryl methyl sites for hydroxylation is 1. The predicted octanol–water partition coefficient (Wildman–Crippen LogP) is 3.58. The number of nitrogens with zero attached hydrogens (tertiary/aromatic N) is 1. The normalized spacial score (nSPS) is 10.6. The lowest BCUT2D eigenvalue weighted by Gasteiger charge is -2.09. The second kappa shape index (κ2) is 8.68. The van der Waals surface area contributed by atoms with E-state index in [0.29, 0.717) is 16.9 Å². The highest BCUT2D eigenvalue weighted by Crippen LogP contribution is 2.28. The van der Waals surface area contributed by atoms with Gasteiger partial charge in [0, 0.05) is 5.56 Å². The van der Waals surface area contributed by atoms with Crippen molar-refractivity contribution in [2.24, 2.45) is 5.10 Å². The molecule has 0 atom stereocenters. The van der Waals surface area contributed by atoms with E-state index in [2.05, 4.69) is 10.5 Å². The third kappa shape index (κ3) is 4.64. The van der Waals surface area contributed by atoms with Crippen LogP contribution in [0.5, 0.6) is 11.5 Å². The molecule has 1 N–H and O–H groups in total. The maximum absolute atomic E-state index is 12.0. The van der Waals surface area contributed by atoms with Gasteiger partial charge in [-0.05, 0) is 55.0 Å². The first-order valence-corrected chi connectivity index (χ1v) is 8.40. The molecule has 0 aliphatic heterocycles. The van der Waals surface area contributed by atoms with E-state index >= 15 is 0 Å². The minimum absolute atomic E-state index is 0.0894. The summed E-state index contributed by atoms with van der Waals surface area (Å²) >= 11 is 0. The minimum Gasteiger partial charge on any atom is -0.493 e. The Balaban J connectivity index is 1.66. The van der Waals surface area contributed by atoms with Gasteiger partial charge in [-0.2, -0.15) is 5.10 Å². The molecule has 1 aromatic heterocycles. The molecule has 0 unspecified atom stereocenters. The minimum atomic E-state index is -0.630. The molecule has 3 rings (SSSR count). The zero-order valence-electron chi connectivity index (χ0n) is 15.3. The number of furan rings is 1. The lowest BCUT2D eigenvalue weighted by molar-refractivity contribution is 0.0696. The van der Waals surface area contributed by atoms with Gasteiger partial charge in [0.15, 0.2) is 11.5 Å². The first-order valence-electron chi connectivity index (χ1n) is 8.40. The maximum atomic E-state index is 12.0. The average Bonchev–Trinajstić information content (AvgIpc) is 3.24. The monoisotopic (exact) mass is 378 g/mol. The number of esters is 1. The number of carbonyl (C=O) groups is 2. The van der Waals surface area contributed by atoms with Crippen LogP contribution < -0.4 is 14.9 Å². The molecular formula is C21H18N2O5. The van der Waals surface area contributed by atoms with Crippen LogP contribution in [0.4, 0.5) is 0 Å². The van der Waals surface area contributed by atoms with Gasteiger partial charge in [0.2, 0.25) is 5.76 Å². The molecule has 0 spiro atoms. The van der Waals surface area contributed by atoms with Gasteiger partial charge in [0.05, 0.1) is 19.6 Å². The zero-order chi connectivity index (χ0) is 19.9. The molecule has 0 aliphatic rings. The third-order valence-corrected chi connectivity index (χ3v) is 3.81. The van der Waals surface area contributed by atoms with Crippen LogP contribution in [0.2, 0.25) is 0 Å². The Morgan fingerprint density at radius 3 is 2.54 bits per heavy atom. The van der Waals surface area contributed by atoms with Crippen molar-refractivity contribution in [2.45, 2.75) is 6.92 Å². The molecule has 1 heterocycles. The van der Waals surface area contributed by atoms with E-state index in [1.807, 2.05) is 19.1 Å². The second-order valence-corrected chi connectivity index (χ2v) is 5.84. The van der Waals surface area contributed by atoms with Crippen LogP contribution in [0.15, 0.2) is 70.4 Å². The number of ether oxygens (including phenoxy) is 2. The molecule has 0 bridgehead atoms. The molecule has 1 amide bonds. The van der Waals surface area contributed by atoms with Gasteiger partial charge in [-0.15, -0.1) is 0 Å². The lowest BCUT2D eigenvalue weighted by Crippen LogP contribution is -2.17. The summed E-state index contributed by atoms with van der Waals surface area (Å²) < 4.78 is 15.5. The summed E-state index contributed by atoms with van der Waals surface area (Å²) in [4.78, 5) is 24.0. The summed E-state index contributed by atoms with van der Waals surface area (Å²) in [5, 5.41) is 3.94. The van der Waals surface area contributed by atoms with Crippen LogP contribution in [0.25, 0.3) is 0 Å². The molecule has 28 heavy (non-hydrogen) atoms. The average molecular weight is 378 g/mol. The number of carbonyl (C=O) groups excluding carboxylic acids is 2. The Labute approximate surface area is 161 Å². The van der Waals surface area contributed by atoms with Crippen LogP contribution in [0.1, 0.15) is 32.0 Å². The van der Waals surface area contributed by atoms with E-state index in [4.69, 9.17) is 13.9 Å². The summed E-state index contributed by atoms with van der Waals surface area (Å²) in [6.07, 6.45) is 2.85. The van der Waals surface area contributed by atoms with Gasteiger partial charge in [-0.1, -0.05) is 17.7 Å². The summed E-state index contributed by atoms with van der Waals surface area (Å²) in [6, 6.07) is 15.1. The van der Waals surface area contributed by atoms with E-state index in [0.717, 1.165) is 5.56 Å². The fraction of sp³-hybridized carbons (Fsp3) is 0.0952. The standard InChI is InChI=1S/C21H18N2O5/c1-14-5-8-16(9-6-14)20(24)23-22-13-15-7-10-17(19(12-15)26-2)28-21(25)18-4-3-11-27-18/h3-13H,1-2H3,(H,23,24)/b22-13-. The van der Waals surface area contributed by atoms with E-state index in [9.17, 15) is 9.59 Å². The third-order valence-electron chi connectivity index (χ3n) is 3.81. The van der Waals surface area contributed by atoms with Crippen LogP contribution in [0, 0.1) is 6.92 Å². The summed E-state index contributed by atoms with van der Waals surface area (Å²) in [5.41, 5.74) is 4.70. The smallest absolute Gasteiger partial charge is 0.379 e. The molecule has 0 fully saturated rings. The Hall–Kier alpha value is -3.87. The van der Waals surface area contributed by atoms with Crippen molar-refractivity contribution in [2.75, 3.05) is 7.11 Å². The van der Waals surface area contributed by atoms with Crippen molar-refractivity contribution in [3.05, 3.63) is 83.3 Å². The lowest BCUT2D eigenvalue weighted by atomic mass is 10.1. The van der Waals surface area contributed by atoms with Crippen molar-refractivity contribution < 1.29 is 23.5 Å². The number of rotatable bonds is 6. The fourth-order valence-electron chi connectivity index (χ4n) is 2.33. The Kier molecular flexibility index (Phi) is 5.86. The number of hydrogen-bond donors (Lipinski definition) is 1. The van der Waals surface area contributed by atoms with Crippen LogP contribution in [-0.2, 0) is 0 Å². The largest absolute Gasteiger partial charge is 0.493 e. The number of nitrogens with one attached hydrogen (secondary N) is 1. The highest BCUT2D eigenvalue weighted by Gasteiger charge is 2.14. The van der Waals surface area contributed by atoms with Gasteiger partial charge in [0.25, 0.3) is 5.91 Å². The highest BCUT2D eigenvalue weighted by molar-refractivity contribution is 5.95. The Morgan fingerprint density at radius 2 is 1.86 bits per heavy atom. The van der Waals surface area contributed by atoms with Gasteiger partial charge < -0.3 is 13.9 Å². The van der Waals surface area contributed by atoms with Crippen LogP contribution >= 0.6 is 0 Å². The molecule has 142 valence electrons. The molecule has 7 heteroatoms. The van der Waals surface area contributed by atoms with Crippen molar-refractivity contribution in [1.82, 2.24) is 5.43 Å². The van der Waals surface area contributed by atoms with Crippen molar-refractivity contribution in [3.63, 3.8) is 0 Å². The zero-order valence-corrected chi connectivity index (χ0v) is 15.3. The van der Waals surface area contributed by atoms with E-state index in [1.54, 1.807) is 36.4 Å². The van der Waals surface area contributed by atoms with Crippen molar-refractivity contribution >= 4 is 18.1 Å². The number of hydrogen-bond acceptors (Lipinski definition) is 6. The first-order chi connectivity index (χ1) is 13.6. The van der Waals surface area contributed by atoms with E-state index in [-0.39, 0.29) is 17.4 Å². The summed E-state index contributed by atoms with van der Waals surface area (Å²) in [6.45, 7) is 1.95. The van der Waals surface area contributed by atoms with Crippen LogP contribution in [-0.4, -0.2) is 25.2 Å². The van der Waals surface area contributed by atoms with Gasteiger partial charge in [-0.3, -0.25) is 4.79 Å².